The number of imidazole rings is 1. The Morgan fingerprint density at radius 3 is 3.05 bits per heavy atom. The molecule has 3 nitrogen and oxygen atoms in total. The molecule has 5 atom stereocenters. The standard InChI is InChI=1S/C17H27N3/c1-2-6-20-11-18-9-13(20)10-19-17-8-12-7-16(17)15-5-3-4-14(12)15/h9,11-12,14-17,19H,2-8,10H2,1H3. The molecular weight excluding hydrogens is 246 g/mol. The number of hydrogen-bond acceptors (Lipinski definition) is 2. The van der Waals surface area contributed by atoms with Gasteiger partial charge in [0.05, 0.1) is 12.0 Å². The predicted molar refractivity (Wildman–Crippen MR) is 80.2 cm³/mol. The van der Waals surface area contributed by atoms with Crippen LogP contribution >= 0.6 is 0 Å². The van der Waals surface area contributed by atoms with E-state index >= 15 is 0 Å². The van der Waals surface area contributed by atoms with E-state index in [9.17, 15) is 0 Å². The normalized spacial score (nSPS) is 38.5. The summed E-state index contributed by atoms with van der Waals surface area (Å²) >= 11 is 0. The molecule has 3 heteroatoms. The zero-order valence-electron chi connectivity index (χ0n) is 12.6. The highest BCUT2D eigenvalue weighted by atomic mass is 15.1. The summed E-state index contributed by atoms with van der Waals surface area (Å²) in [6, 6.07) is 0.782. The maximum atomic E-state index is 4.31. The summed E-state index contributed by atoms with van der Waals surface area (Å²) in [5.74, 6) is 4.19. The van der Waals surface area contributed by atoms with E-state index in [2.05, 4.69) is 21.8 Å². The Morgan fingerprint density at radius 2 is 2.15 bits per heavy atom. The average Bonchev–Trinajstić information content (AvgIpc) is 3.19. The van der Waals surface area contributed by atoms with Gasteiger partial charge in [-0.2, -0.15) is 0 Å². The summed E-state index contributed by atoms with van der Waals surface area (Å²) in [5, 5.41) is 3.87. The highest BCUT2D eigenvalue weighted by molar-refractivity contribution is 5.07. The molecule has 3 aliphatic rings. The van der Waals surface area contributed by atoms with E-state index in [1.807, 2.05) is 12.5 Å². The van der Waals surface area contributed by atoms with Crippen LogP contribution in [0.25, 0.3) is 0 Å². The van der Waals surface area contributed by atoms with Crippen molar-refractivity contribution >= 4 is 0 Å². The third-order valence-corrected chi connectivity index (χ3v) is 6.24. The minimum absolute atomic E-state index is 0.782. The summed E-state index contributed by atoms with van der Waals surface area (Å²) in [6.07, 6.45) is 12.7. The molecule has 1 aromatic rings. The average molecular weight is 273 g/mol. The van der Waals surface area contributed by atoms with Crippen LogP contribution in [0.1, 0.15) is 51.1 Å². The molecule has 2 bridgehead atoms. The van der Waals surface area contributed by atoms with E-state index in [0.717, 1.165) is 42.8 Å². The third kappa shape index (κ3) is 2.02. The number of fused-ring (bicyclic) bond motifs is 5. The molecule has 0 saturated heterocycles. The maximum absolute atomic E-state index is 4.31. The Morgan fingerprint density at radius 1 is 1.25 bits per heavy atom. The molecule has 3 saturated carbocycles. The third-order valence-electron chi connectivity index (χ3n) is 6.24. The number of nitrogens with one attached hydrogen (secondary N) is 1. The van der Waals surface area contributed by atoms with Crippen molar-refractivity contribution < 1.29 is 0 Å². The molecule has 1 aromatic heterocycles. The van der Waals surface area contributed by atoms with Gasteiger partial charge in [-0.15, -0.1) is 0 Å². The van der Waals surface area contributed by atoms with Crippen molar-refractivity contribution in [2.75, 3.05) is 0 Å². The molecule has 5 unspecified atom stereocenters. The van der Waals surface area contributed by atoms with Crippen LogP contribution in [0, 0.1) is 23.7 Å². The van der Waals surface area contributed by atoms with E-state index in [-0.39, 0.29) is 0 Å². The lowest BCUT2D eigenvalue weighted by molar-refractivity contribution is 0.207. The number of rotatable bonds is 5. The van der Waals surface area contributed by atoms with E-state index in [4.69, 9.17) is 0 Å². The van der Waals surface area contributed by atoms with E-state index in [1.54, 1.807) is 0 Å². The predicted octanol–water partition coefficient (Wildman–Crippen LogP) is 3.21. The van der Waals surface area contributed by atoms with Gasteiger partial charge in [0, 0.05) is 25.3 Å². The Labute approximate surface area is 122 Å². The van der Waals surface area contributed by atoms with Crippen LogP contribution in [0.4, 0.5) is 0 Å². The molecule has 1 heterocycles. The molecule has 3 aliphatic carbocycles. The van der Waals surface area contributed by atoms with Crippen molar-refractivity contribution in [3.8, 4) is 0 Å². The number of nitrogens with zero attached hydrogens (tertiary/aromatic N) is 2. The van der Waals surface area contributed by atoms with E-state index in [1.165, 1.54) is 44.2 Å². The summed E-state index contributed by atoms with van der Waals surface area (Å²) in [5.41, 5.74) is 1.36. The van der Waals surface area contributed by atoms with Crippen molar-refractivity contribution in [3.05, 3.63) is 18.2 Å². The van der Waals surface area contributed by atoms with Crippen molar-refractivity contribution in [1.29, 1.82) is 0 Å². The highest BCUT2D eigenvalue weighted by Crippen LogP contribution is 2.58. The molecular formula is C17H27N3. The van der Waals surface area contributed by atoms with Crippen LogP contribution in [0.3, 0.4) is 0 Å². The van der Waals surface area contributed by atoms with Gasteiger partial charge >= 0.3 is 0 Å². The molecule has 110 valence electrons. The lowest BCUT2D eigenvalue weighted by Crippen LogP contribution is -2.39. The smallest absolute Gasteiger partial charge is 0.0948 e. The topological polar surface area (TPSA) is 29.9 Å². The van der Waals surface area contributed by atoms with Gasteiger partial charge in [-0.3, -0.25) is 0 Å². The molecule has 0 aromatic carbocycles. The Hall–Kier alpha value is -0.830. The highest BCUT2D eigenvalue weighted by Gasteiger charge is 2.53. The van der Waals surface area contributed by atoms with Gasteiger partial charge in [-0.1, -0.05) is 13.3 Å². The fraction of sp³-hybridized carbons (Fsp3) is 0.824. The van der Waals surface area contributed by atoms with Gasteiger partial charge < -0.3 is 9.88 Å². The van der Waals surface area contributed by atoms with Crippen LogP contribution in [0.2, 0.25) is 0 Å². The lowest BCUT2D eigenvalue weighted by atomic mass is 9.79. The van der Waals surface area contributed by atoms with Crippen molar-refractivity contribution in [1.82, 2.24) is 14.9 Å². The summed E-state index contributed by atoms with van der Waals surface area (Å²) < 4.78 is 2.30. The first-order valence-corrected chi connectivity index (χ1v) is 8.59. The first-order chi connectivity index (χ1) is 9.86. The largest absolute Gasteiger partial charge is 0.333 e. The van der Waals surface area contributed by atoms with Gasteiger partial charge in [0.2, 0.25) is 0 Å². The molecule has 0 radical (unpaired) electrons. The van der Waals surface area contributed by atoms with Gasteiger partial charge in [0.15, 0.2) is 0 Å². The quantitative estimate of drug-likeness (QED) is 0.893. The molecule has 0 spiro atoms. The van der Waals surface area contributed by atoms with Crippen LogP contribution < -0.4 is 5.32 Å². The van der Waals surface area contributed by atoms with Crippen LogP contribution in [0.5, 0.6) is 0 Å². The molecule has 0 aliphatic heterocycles. The van der Waals surface area contributed by atoms with Gasteiger partial charge in [0.25, 0.3) is 0 Å². The Bertz CT molecular complexity index is 467. The molecule has 0 amide bonds. The zero-order chi connectivity index (χ0) is 13.5. The van der Waals surface area contributed by atoms with Crippen LogP contribution in [-0.2, 0) is 13.1 Å². The first-order valence-electron chi connectivity index (χ1n) is 8.59. The SMILES string of the molecule is CCCn1cncc1CNC1CC2CC1C1CCCC21. The second-order valence-electron chi connectivity index (χ2n) is 7.22. The summed E-state index contributed by atoms with van der Waals surface area (Å²) in [4.78, 5) is 4.31. The van der Waals surface area contributed by atoms with Crippen LogP contribution in [0.15, 0.2) is 12.5 Å². The Balaban J connectivity index is 1.38. The maximum Gasteiger partial charge on any atom is 0.0948 e. The van der Waals surface area contributed by atoms with Gasteiger partial charge in [0.1, 0.15) is 0 Å². The molecule has 1 N–H and O–H groups in total. The van der Waals surface area contributed by atoms with E-state index < -0.39 is 0 Å². The fourth-order valence-corrected chi connectivity index (χ4v) is 5.48. The fourth-order valence-electron chi connectivity index (χ4n) is 5.48. The molecule has 3 fully saturated rings. The van der Waals surface area contributed by atoms with Crippen molar-refractivity contribution in [2.24, 2.45) is 23.7 Å². The lowest BCUT2D eigenvalue weighted by Gasteiger charge is -2.32. The first kappa shape index (κ1) is 12.9. The zero-order valence-corrected chi connectivity index (χ0v) is 12.6. The summed E-state index contributed by atoms with van der Waals surface area (Å²) in [6.45, 7) is 4.33. The number of aryl methyl sites for hydroxylation is 1. The molecule has 4 rings (SSSR count). The van der Waals surface area contributed by atoms with Crippen LogP contribution in [-0.4, -0.2) is 15.6 Å². The monoisotopic (exact) mass is 273 g/mol. The number of aromatic nitrogens is 2. The number of hydrogen-bond donors (Lipinski definition) is 1. The Kier molecular flexibility index (Phi) is 3.33. The van der Waals surface area contributed by atoms with E-state index in [0.29, 0.717) is 0 Å². The second-order valence-corrected chi connectivity index (χ2v) is 7.22. The minimum Gasteiger partial charge on any atom is -0.333 e. The second kappa shape index (κ2) is 5.18. The van der Waals surface area contributed by atoms with Crippen molar-refractivity contribution in [2.45, 2.75) is 64.6 Å². The molecule has 20 heavy (non-hydrogen) atoms. The van der Waals surface area contributed by atoms with Gasteiger partial charge in [-0.05, 0) is 55.8 Å². The van der Waals surface area contributed by atoms with Gasteiger partial charge in [-0.25, -0.2) is 4.98 Å². The minimum atomic E-state index is 0.782. The summed E-state index contributed by atoms with van der Waals surface area (Å²) in [7, 11) is 0. The van der Waals surface area contributed by atoms with Crippen molar-refractivity contribution in [3.63, 3.8) is 0 Å².